The van der Waals surface area contributed by atoms with E-state index in [1.165, 1.54) is 35.0 Å². The molecule has 3 aromatic rings. The molecular formula is C28H31FN4O3S. The van der Waals surface area contributed by atoms with Gasteiger partial charge in [-0.15, -0.1) is 0 Å². The number of fused-ring (bicyclic) bond motifs is 1. The van der Waals surface area contributed by atoms with Crippen LogP contribution in [0.2, 0.25) is 0 Å². The number of rotatable bonds is 6. The summed E-state index contributed by atoms with van der Waals surface area (Å²) >= 11 is 2.01. The molecule has 0 unspecified atom stereocenters. The van der Waals surface area contributed by atoms with Gasteiger partial charge in [-0.05, 0) is 42.7 Å². The van der Waals surface area contributed by atoms with E-state index in [0.29, 0.717) is 24.3 Å². The number of aromatic nitrogens is 1. The van der Waals surface area contributed by atoms with Crippen LogP contribution in [0.5, 0.6) is 0 Å². The molecule has 9 heteroatoms. The van der Waals surface area contributed by atoms with E-state index in [0.717, 1.165) is 45.6 Å². The van der Waals surface area contributed by atoms with Crippen molar-refractivity contribution < 1.29 is 14.3 Å². The maximum absolute atomic E-state index is 15.2. The first-order chi connectivity index (χ1) is 18.0. The third kappa shape index (κ3) is 4.94. The normalized spacial score (nSPS) is 18.9. The van der Waals surface area contributed by atoms with E-state index in [2.05, 4.69) is 34.1 Å². The zero-order valence-electron chi connectivity index (χ0n) is 20.7. The Morgan fingerprint density at radius 2 is 1.68 bits per heavy atom. The van der Waals surface area contributed by atoms with Crippen molar-refractivity contribution in [1.29, 1.82) is 0 Å². The van der Waals surface area contributed by atoms with Gasteiger partial charge in [0.05, 0.1) is 11.2 Å². The van der Waals surface area contributed by atoms with Crippen molar-refractivity contribution in [3.63, 3.8) is 0 Å². The predicted molar refractivity (Wildman–Crippen MR) is 147 cm³/mol. The Bertz CT molecular complexity index is 1370. The fourth-order valence-electron chi connectivity index (χ4n) is 5.45. The number of hydrogen-bond acceptors (Lipinski definition) is 6. The summed E-state index contributed by atoms with van der Waals surface area (Å²) in [6, 6.07) is 12.0. The molecule has 1 saturated carbocycles. The molecule has 6 rings (SSSR count). The third-order valence-corrected chi connectivity index (χ3v) is 8.65. The fraction of sp³-hybridized carbons (Fsp3) is 0.429. The smallest absolute Gasteiger partial charge is 0.341 e. The van der Waals surface area contributed by atoms with E-state index < -0.39 is 17.2 Å². The van der Waals surface area contributed by atoms with Gasteiger partial charge in [-0.2, -0.15) is 11.8 Å². The number of carboxylic acid groups (broad SMARTS) is 1. The lowest BCUT2D eigenvalue weighted by Gasteiger charge is -2.36. The number of piperazine rings is 1. The lowest BCUT2D eigenvalue weighted by molar-refractivity contribution is 0.0695. The van der Waals surface area contributed by atoms with Crippen LogP contribution in [0.3, 0.4) is 0 Å². The summed E-state index contributed by atoms with van der Waals surface area (Å²) in [6.45, 7) is 6.08. The standard InChI is InChI=1S/C28H31FN4O3S/c29-24-15-22-25(33(21-5-6-21)18-23(27(22)34)28(35)36)16-26(24)32-9-7-30(8-10-32)17-19-1-3-20(4-2-19)31-11-13-37-14-12-31/h1-4,15-16,18,21H,5-14,17H2,(H,35,36). The highest BCUT2D eigenvalue weighted by Gasteiger charge is 2.28. The zero-order valence-corrected chi connectivity index (χ0v) is 21.6. The average Bonchev–Trinajstić information content (AvgIpc) is 3.76. The molecule has 37 heavy (non-hydrogen) atoms. The van der Waals surface area contributed by atoms with E-state index in [1.54, 1.807) is 6.07 Å². The Hall–Kier alpha value is -3.04. The molecule has 0 radical (unpaired) electrons. The number of thioether (sulfide) groups is 1. The van der Waals surface area contributed by atoms with Crippen LogP contribution in [0.15, 0.2) is 47.4 Å². The molecule has 0 spiro atoms. The number of pyridine rings is 1. The van der Waals surface area contributed by atoms with Gasteiger partial charge in [-0.1, -0.05) is 12.1 Å². The van der Waals surface area contributed by atoms with Crippen LogP contribution >= 0.6 is 11.8 Å². The second-order valence-electron chi connectivity index (χ2n) is 10.2. The fourth-order valence-corrected chi connectivity index (χ4v) is 6.35. The summed E-state index contributed by atoms with van der Waals surface area (Å²) in [4.78, 5) is 31.2. The van der Waals surface area contributed by atoms with Gasteiger partial charge < -0.3 is 19.5 Å². The first kappa shape index (κ1) is 24.3. The molecule has 2 aromatic carbocycles. The third-order valence-electron chi connectivity index (χ3n) is 7.70. The van der Waals surface area contributed by atoms with Crippen LogP contribution in [0.25, 0.3) is 10.9 Å². The van der Waals surface area contributed by atoms with E-state index in [-0.39, 0.29) is 17.0 Å². The molecule has 0 bridgehead atoms. The van der Waals surface area contributed by atoms with Crippen LogP contribution in [0.1, 0.15) is 34.8 Å². The van der Waals surface area contributed by atoms with Crippen LogP contribution in [-0.4, -0.2) is 71.3 Å². The molecule has 2 aliphatic heterocycles. The van der Waals surface area contributed by atoms with Gasteiger partial charge in [0.2, 0.25) is 5.43 Å². The van der Waals surface area contributed by atoms with Gasteiger partial charge >= 0.3 is 5.97 Å². The number of hydrogen-bond donors (Lipinski definition) is 1. The minimum atomic E-state index is -1.28. The number of carbonyl (C=O) groups is 1. The van der Waals surface area contributed by atoms with Crippen molar-refractivity contribution in [1.82, 2.24) is 9.47 Å². The number of benzene rings is 2. The molecule has 2 saturated heterocycles. The van der Waals surface area contributed by atoms with E-state index in [1.807, 2.05) is 21.2 Å². The van der Waals surface area contributed by atoms with Gasteiger partial charge in [0.15, 0.2) is 0 Å². The van der Waals surface area contributed by atoms with Crippen molar-refractivity contribution in [2.24, 2.45) is 0 Å². The predicted octanol–water partition coefficient (Wildman–Crippen LogP) is 4.05. The Labute approximate surface area is 219 Å². The van der Waals surface area contributed by atoms with Gasteiger partial charge in [0.1, 0.15) is 11.4 Å². The second-order valence-corrected chi connectivity index (χ2v) is 11.4. The lowest BCUT2D eigenvalue weighted by atomic mass is 10.1. The Balaban J connectivity index is 1.16. The maximum atomic E-state index is 15.2. The lowest BCUT2D eigenvalue weighted by Crippen LogP contribution is -2.46. The van der Waals surface area contributed by atoms with Gasteiger partial charge in [-0.3, -0.25) is 9.69 Å². The van der Waals surface area contributed by atoms with Crippen LogP contribution in [-0.2, 0) is 6.54 Å². The maximum Gasteiger partial charge on any atom is 0.341 e. The summed E-state index contributed by atoms with van der Waals surface area (Å²) in [7, 11) is 0. The molecule has 194 valence electrons. The number of carboxylic acids is 1. The quantitative estimate of drug-likeness (QED) is 0.524. The van der Waals surface area contributed by atoms with E-state index in [4.69, 9.17) is 0 Å². The number of nitrogens with zero attached hydrogens (tertiary/aromatic N) is 4. The molecule has 7 nitrogen and oxygen atoms in total. The molecule has 0 atom stereocenters. The van der Waals surface area contributed by atoms with Crippen LogP contribution in [0, 0.1) is 5.82 Å². The summed E-state index contributed by atoms with van der Waals surface area (Å²) < 4.78 is 17.1. The molecule has 3 aliphatic rings. The summed E-state index contributed by atoms with van der Waals surface area (Å²) in [5.74, 6) is 0.620. The summed E-state index contributed by atoms with van der Waals surface area (Å²) in [5.41, 5.74) is 2.74. The second kappa shape index (κ2) is 10.0. The van der Waals surface area contributed by atoms with E-state index in [9.17, 15) is 14.7 Å². The minimum Gasteiger partial charge on any atom is -0.477 e. The Kier molecular flexibility index (Phi) is 6.58. The number of halogens is 1. The highest BCUT2D eigenvalue weighted by Crippen LogP contribution is 2.38. The topological polar surface area (TPSA) is 69.0 Å². The van der Waals surface area contributed by atoms with Crippen molar-refractivity contribution in [2.75, 3.05) is 60.6 Å². The molecule has 3 heterocycles. The van der Waals surface area contributed by atoms with Crippen molar-refractivity contribution in [3.8, 4) is 0 Å². The molecule has 1 aromatic heterocycles. The van der Waals surface area contributed by atoms with Crippen molar-refractivity contribution in [2.45, 2.75) is 25.4 Å². The number of anilines is 2. The largest absolute Gasteiger partial charge is 0.477 e. The van der Waals surface area contributed by atoms with Crippen LogP contribution in [0.4, 0.5) is 15.8 Å². The Morgan fingerprint density at radius 3 is 2.32 bits per heavy atom. The van der Waals surface area contributed by atoms with Gasteiger partial charge in [-0.25, -0.2) is 9.18 Å². The minimum absolute atomic E-state index is 0.137. The average molecular weight is 523 g/mol. The zero-order chi connectivity index (χ0) is 25.5. The molecule has 1 aliphatic carbocycles. The monoisotopic (exact) mass is 522 g/mol. The SMILES string of the molecule is O=C(O)c1cn(C2CC2)c2cc(N3CCN(Cc4ccc(N5CCSCC5)cc4)CC3)c(F)cc2c1=O. The van der Waals surface area contributed by atoms with Crippen LogP contribution < -0.4 is 15.2 Å². The molecule has 0 amide bonds. The molecule has 3 fully saturated rings. The number of aromatic carboxylic acids is 1. The van der Waals surface area contributed by atoms with E-state index >= 15 is 4.39 Å². The van der Waals surface area contributed by atoms with Gasteiger partial charge in [0.25, 0.3) is 0 Å². The van der Waals surface area contributed by atoms with Crippen molar-refractivity contribution in [3.05, 3.63) is 69.8 Å². The highest BCUT2D eigenvalue weighted by molar-refractivity contribution is 7.99. The highest BCUT2D eigenvalue weighted by atomic mass is 32.2. The Morgan fingerprint density at radius 1 is 0.973 bits per heavy atom. The van der Waals surface area contributed by atoms with Gasteiger partial charge in [0, 0.05) is 80.6 Å². The first-order valence-electron chi connectivity index (χ1n) is 13.0. The van der Waals surface area contributed by atoms with Crippen molar-refractivity contribution >= 4 is 40.0 Å². The first-order valence-corrected chi connectivity index (χ1v) is 14.1. The molecule has 1 N–H and O–H groups in total. The summed E-state index contributed by atoms with van der Waals surface area (Å²) in [5, 5.41) is 9.60. The molecular weight excluding hydrogens is 491 g/mol. The summed E-state index contributed by atoms with van der Waals surface area (Å²) in [6.07, 6.45) is 3.29.